The molecule has 4 aliphatic rings. The molecule has 0 aromatic heterocycles. The van der Waals surface area contributed by atoms with Crippen LogP contribution in [0, 0.1) is 11.8 Å². The highest BCUT2D eigenvalue weighted by Gasteiger charge is 2.36. The van der Waals surface area contributed by atoms with Gasteiger partial charge in [0.2, 0.25) is 0 Å². The zero-order chi connectivity index (χ0) is 16.4. The van der Waals surface area contributed by atoms with Gasteiger partial charge in [0.25, 0.3) is 5.91 Å². The zero-order valence-electron chi connectivity index (χ0n) is 14.4. The number of likely N-dealkylation sites (tertiary alicyclic amines) is 1. The Morgan fingerprint density at radius 1 is 1.12 bits per heavy atom. The van der Waals surface area contributed by atoms with E-state index in [2.05, 4.69) is 21.4 Å². The van der Waals surface area contributed by atoms with Crippen molar-refractivity contribution >= 4 is 17.7 Å². The summed E-state index contributed by atoms with van der Waals surface area (Å²) in [6.07, 6.45) is 12.0. The second-order valence-electron chi connectivity index (χ2n) is 7.62. The van der Waals surface area contributed by atoms with E-state index in [0.717, 1.165) is 31.1 Å². The van der Waals surface area contributed by atoms with Crippen LogP contribution in [0.5, 0.6) is 0 Å². The molecule has 2 saturated heterocycles. The van der Waals surface area contributed by atoms with Crippen LogP contribution in [-0.4, -0.2) is 36.5 Å². The molecular weight excluding hydrogens is 316 g/mol. The Balaban J connectivity index is 1.45. The minimum absolute atomic E-state index is 0.246. The number of piperidine rings is 2. The van der Waals surface area contributed by atoms with E-state index in [9.17, 15) is 4.79 Å². The van der Waals surface area contributed by atoms with Gasteiger partial charge in [-0.15, -0.1) is 5.73 Å². The Hall–Kier alpha value is -0.960. The maximum absolute atomic E-state index is 13.0. The van der Waals surface area contributed by atoms with Crippen molar-refractivity contribution in [2.75, 3.05) is 19.6 Å². The van der Waals surface area contributed by atoms with Crippen molar-refractivity contribution in [2.24, 2.45) is 11.8 Å². The van der Waals surface area contributed by atoms with Gasteiger partial charge in [0.1, 0.15) is 0 Å². The summed E-state index contributed by atoms with van der Waals surface area (Å²) in [5.41, 5.74) is 4.29. The average Bonchev–Trinajstić information content (AvgIpc) is 2.68. The van der Waals surface area contributed by atoms with E-state index in [1.54, 1.807) is 11.8 Å². The van der Waals surface area contributed by atoms with Crippen LogP contribution in [-0.2, 0) is 4.79 Å². The summed E-state index contributed by atoms with van der Waals surface area (Å²) in [5.74, 6) is 1.62. The summed E-state index contributed by atoms with van der Waals surface area (Å²) >= 11 is 1.74. The molecule has 1 amide bonds. The predicted molar refractivity (Wildman–Crippen MR) is 99.6 cm³/mol. The number of amides is 1. The highest BCUT2D eigenvalue weighted by molar-refractivity contribution is 8.05. The first-order chi connectivity index (χ1) is 11.8. The van der Waals surface area contributed by atoms with Gasteiger partial charge in [-0.2, -0.15) is 0 Å². The minimum Gasteiger partial charge on any atom is -0.335 e. The van der Waals surface area contributed by atoms with Crippen molar-refractivity contribution in [1.29, 1.82) is 0 Å². The molecule has 2 unspecified atom stereocenters. The standard InChI is InChI=1S/C20H28N2OS/c23-20(22-13-3-5-15-4-1-2-6-18(15)22)17-7-8-19(24-14-17)16-9-11-21-12-10-16/h7,14-16,18,21H,1-6,9-13H2. The maximum Gasteiger partial charge on any atom is 0.255 e. The third-order valence-electron chi connectivity index (χ3n) is 6.14. The number of thioether (sulfide) groups is 1. The lowest BCUT2D eigenvalue weighted by Crippen LogP contribution is -2.50. The highest BCUT2D eigenvalue weighted by Crippen LogP contribution is 2.38. The summed E-state index contributed by atoms with van der Waals surface area (Å²) in [4.78, 5) is 16.6. The van der Waals surface area contributed by atoms with Gasteiger partial charge in [0.05, 0.1) is 5.57 Å². The number of carbonyl (C=O) groups is 1. The molecule has 1 aliphatic carbocycles. The topological polar surface area (TPSA) is 32.3 Å². The average molecular weight is 345 g/mol. The fourth-order valence-corrected chi connectivity index (χ4v) is 5.77. The van der Waals surface area contributed by atoms with Crippen LogP contribution < -0.4 is 5.32 Å². The third kappa shape index (κ3) is 3.37. The molecule has 1 saturated carbocycles. The van der Waals surface area contributed by atoms with Gasteiger partial charge in [-0.1, -0.05) is 24.6 Å². The molecule has 4 heteroatoms. The molecule has 3 fully saturated rings. The Kier molecular flexibility index (Phi) is 5.17. The lowest BCUT2D eigenvalue weighted by Gasteiger charge is -2.44. The third-order valence-corrected chi connectivity index (χ3v) is 7.22. The number of nitrogens with one attached hydrogen (secondary N) is 1. The predicted octanol–water partition coefficient (Wildman–Crippen LogP) is 3.84. The number of hydrogen-bond donors (Lipinski definition) is 1. The summed E-state index contributed by atoms with van der Waals surface area (Å²) in [7, 11) is 0. The summed E-state index contributed by atoms with van der Waals surface area (Å²) in [5, 5.41) is 5.50. The number of nitrogens with zero attached hydrogens (tertiary/aromatic N) is 1. The first-order valence-electron chi connectivity index (χ1n) is 9.68. The van der Waals surface area contributed by atoms with Crippen LogP contribution >= 0.6 is 11.8 Å². The van der Waals surface area contributed by atoms with E-state index < -0.39 is 0 Å². The van der Waals surface area contributed by atoms with E-state index in [-0.39, 0.29) is 5.91 Å². The van der Waals surface area contributed by atoms with Crippen molar-refractivity contribution in [3.05, 3.63) is 27.7 Å². The Morgan fingerprint density at radius 2 is 1.92 bits per heavy atom. The zero-order valence-corrected chi connectivity index (χ0v) is 15.2. The monoisotopic (exact) mass is 344 g/mol. The lowest BCUT2D eigenvalue weighted by atomic mass is 9.78. The molecule has 0 aromatic rings. The van der Waals surface area contributed by atoms with Crippen molar-refractivity contribution in [3.8, 4) is 0 Å². The number of carbonyl (C=O) groups excluding carboxylic acids is 1. The minimum atomic E-state index is 0.246. The van der Waals surface area contributed by atoms with Gasteiger partial charge in [-0.3, -0.25) is 4.79 Å². The summed E-state index contributed by atoms with van der Waals surface area (Å²) in [6.45, 7) is 3.15. The Bertz CT molecular complexity index is 582. The largest absolute Gasteiger partial charge is 0.335 e. The first-order valence-corrected chi connectivity index (χ1v) is 10.6. The molecule has 130 valence electrons. The second-order valence-corrected chi connectivity index (χ2v) is 8.53. The van der Waals surface area contributed by atoms with Crippen molar-refractivity contribution in [1.82, 2.24) is 10.2 Å². The van der Waals surface area contributed by atoms with Gasteiger partial charge in [-0.25, -0.2) is 0 Å². The highest BCUT2D eigenvalue weighted by atomic mass is 32.2. The van der Waals surface area contributed by atoms with Crippen LogP contribution in [0.3, 0.4) is 0 Å². The molecule has 0 radical (unpaired) electrons. The van der Waals surface area contributed by atoms with Crippen molar-refractivity contribution in [2.45, 2.75) is 57.4 Å². The van der Waals surface area contributed by atoms with E-state index >= 15 is 0 Å². The Labute approximate surface area is 149 Å². The maximum atomic E-state index is 13.0. The van der Waals surface area contributed by atoms with Crippen LogP contribution in [0.25, 0.3) is 0 Å². The van der Waals surface area contributed by atoms with Gasteiger partial charge in [-0.05, 0) is 74.9 Å². The van der Waals surface area contributed by atoms with Gasteiger partial charge < -0.3 is 10.2 Å². The van der Waals surface area contributed by atoms with E-state index in [0.29, 0.717) is 12.0 Å². The normalized spacial score (nSPS) is 31.2. The molecule has 3 aliphatic heterocycles. The molecular formula is C20H28N2OS. The molecule has 0 bridgehead atoms. The van der Waals surface area contributed by atoms with Gasteiger partial charge >= 0.3 is 0 Å². The number of hydrogen-bond acceptors (Lipinski definition) is 3. The fourth-order valence-electron chi connectivity index (χ4n) is 4.80. The first kappa shape index (κ1) is 16.5. The van der Waals surface area contributed by atoms with Crippen molar-refractivity contribution < 1.29 is 4.79 Å². The quantitative estimate of drug-likeness (QED) is 0.773. The molecule has 1 N–H and O–H groups in total. The molecule has 4 rings (SSSR count). The number of rotatable bonds is 2. The van der Waals surface area contributed by atoms with E-state index in [1.807, 2.05) is 6.08 Å². The van der Waals surface area contributed by atoms with Crippen molar-refractivity contribution in [3.63, 3.8) is 0 Å². The lowest BCUT2D eigenvalue weighted by molar-refractivity contribution is -0.132. The van der Waals surface area contributed by atoms with E-state index in [1.165, 1.54) is 56.3 Å². The molecule has 2 atom stereocenters. The molecule has 0 spiro atoms. The molecule has 3 nitrogen and oxygen atoms in total. The van der Waals surface area contributed by atoms with Crippen LogP contribution in [0.15, 0.2) is 27.7 Å². The molecule has 24 heavy (non-hydrogen) atoms. The van der Waals surface area contributed by atoms with Crippen LogP contribution in [0.1, 0.15) is 51.4 Å². The smallest absolute Gasteiger partial charge is 0.255 e. The van der Waals surface area contributed by atoms with Gasteiger partial charge in [0.15, 0.2) is 0 Å². The summed E-state index contributed by atoms with van der Waals surface area (Å²) < 4.78 is 0. The van der Waals surface area contributed by atoms with Gasteiger partial charge in [0, 0.05) is 17.5 Å². The summed E-state index contributed by atoms with van der Waals surface area (Å²) in [6, 6.07) is 0.495. The fraction of sp³-hybridized carbons (Fsp3) is 0.700. The SMILES string of the molecule is O=C(C1=CSC(C2CCNCC2)=C=C1)N1CCCC2CCCCC21. The van der Waals surface area contributed by atoms with Crippen LogP contribution in [0.2, 0.25) is 0 Å². The Morgan fingerprint density at radius 3 is 2.71 bits per heavy atom. The molecule has 3 heterocycles. The van der Waals surface area contributed by atoms with Crippen LogP contribution in [0.4, 0.5) is 0 Å². The second kappa shape index (κ2) is 7.51. The van der Waals surface area contributed by atoms with E-state index in [4.69, 9.17) is 0 Å². The number of fused-ring (bicyclic) bond motifs is 1. The molecule has 0 aromatic carbocycles.